The molecule has 5 N–H and O–H groups in total. The number of aromatic hydroxyl groups is 1. The van der Waals surface area contributed by atoms with Gasteiger partial charge in [0.05, 0.1) is 16.6 Å². The van der Waals surface area contributed by atoms with Gasteiger partial charge < -0.3 is 35.4 Å². The summed E-state index contributed by atoms with van der Waals surface area (Å²) < 4.78 is 23.7. The maximum atomic E-state index is 16.1. The third-order valence-electron chi connectivity index (χ3n) is 13.5. The van der Waals surface area contributed by atoms with Crippen molar-refractivity contribution in [1.82, 2.24) is 50.1 Å². The molecule has 0 spiro atoms. The van der Waals surface area contributed by atoms with Gasteiger partial charge in [0.1, 0.15) is 29.4 Å². The number of aliphatic hydroxyl groups excluding tert-OH is 1. The van der Waals surface area contributed by atoms with Crippen LogP contribution in [0.1, 0.15) is 67.7 Å². The van der Waals surface area contributed by atoms with Gasteiger partial charge in [0.25, 0.3) is 0 Å². The molecule has 2 unspecified atom stereocenters. The Balaban J connectivity index is 0.000000176. The van der Waals surface area contributed by atoms with E-state index in [1.165, 1.54) is 10.1 Å². The smallest absolute Gasteiger partial charge is 0.348 e. The molecule has 3 aromatic heterocycles. The number of hydrogen-bond donors (Lipinski definition) is 5. The highest BCUT2D eigenvalue weighted by Crippen LogP contribution is 2.36. The van der Waals surface area contributed by atoms with Crippen molar-refractivity contribution in [2.45, 2.75) is 84.0 Å². The van der Waals surface area contributed by atoms with Crippen LogP contribution in [0.4, 0.5) is 10.2 Å². The number of halogens is 1. The van der Waals surface area contributed by atoms with E-state index in [1.807, 2.05) is 68.4 Å². The molecule has 350 valence electrons. The highest BCUT2D eigenvalue weighted by Gasteiger charge is 2.34. The predicted molar refractivity (Wildman–Crippen MR) is 257 cm³/mol. The number of nitrogens with one attached hydrogen (secondary N) is 3. The van der Waals surface area contributed by atoms with Gasteiger partial charge in [-0.05, 0) is 106 Å². The van der Waals surface area contributed by atoms with Crippen molar-refractivity contribution in [2.24, 2.45) is 0 Å². The van der Waals surface area contributed by atoms with E-state index in [9.17, 15) is 9.90 Å². The lowest BCUT2D eigenvalue weighted by atomic mass is 10.00. The number of nitrogens with zero attached hydrogens (tertiary/aromatic N) is 8. The monoisotopic (exact) mass is 902 g/mol. The topological polar surface area (TPSA) is 173 Å². The van der Waals surface area contributed by atoms with Crippen molar-refractivity contribution in [3.63, 3.8) is 0 Å². The molecule has 0 radical (unpaired) electrons. The molecule has 4 saturated heterocycles. The third kappa shape index (κ3) is 10.1. The maximum absolute atomic E-state index is 16.1. The number of likely N-dealkylation sites (N-methyl/N-ethyl adjacent to an activating group) is 1. The first-order valence-electron chi connectivity index (χ1n) is 23.3. The number of aryl methyl sites for hydroxylation is 1. The average Bonchev–Trinajstić information content (AvgIpc) is 4.04. The summed E-state index contributed by atoms with van der Waals surface area (Å²) in [5, 5.41) is 31.8. The number of aromatic amines is 1. The summed E-state index contributed by atoms with van der Waals surface area (Å²) in [6.45, 7) is 16.5. The van der Waals surface area contributed by atoms with Crippen LogP contribution in [0, 0.1) is 19.7 Å². The molecule has 4 aliphatic heterocycles. The van der Waals surface area contributed by atoms with E-state index in [1.54, 1.807) is 12.3 Å². The molecule has 4 aliphatic rings. The van der Waals surface area contributed by atoms with Gasteiger partial charge in [-0.25, -0.2) is 18.9 Å². The quantitative estimate of drug-likeness (QED) is 0.110. The Kier molecular flexibility index (Phi) is 14.7. The summed E-state index contributed by atoms with van der Waals surface area (Å²) in [4.78, 5) is 33.5. The van der Waals surface area contributed by atoms with E-state index in [0.717, 1.165) is 119 Å². The average molecular weight is 902 g/mol. The van der Waals surface area contributed by atoms with Crippen LogP contribution in [0.3, 0.4) is 0 Å². The number of aliphatic hydroxyl groups is 1. The van der Waals surface area contributed by atoms with Crippen LogP contribution in [0.25, 0.3) is 39.2 Å². The second-order valence-electron chi connectivity index (χ2n) is 18.2. The number of benzene rings is 3. The fraction of sp³-hybridized carbons (Fsp3) is 0.460. The molecule has 6 aromatic rings. The van der Waals surface area contributed by atoms with Crippen molar-refractivity contribution in [2.75, 3.05) is 71.5 Å². The molecule has 0 saturated carbocycles. The summed E-state index contributed by atoms with van der Waals surface area (Å²) >= 11 is 0. The van der Waals surface area contributed by atoms with Gasteiger partial charge in [0.15, 0.2) is 11.6 Å². The van der Waals surface area contributed by atoms with E-state index in [-0.39, 0.29) is 23.0 Å². The molecular formula is C50H64FN11O4. The molecule has 16 heteroatoms. The van der Waals surface area contributed by atoms with E-state index in [2.05, 4.69) is 66.4 Å². The summed E-state index contributed by atoms with van der Waals surface area (Å²) in [7, 11) is 3.12. The van der Waals surface area contributed by atoms with Crippen molar-refractivity contribution >= 4 is 16.7 Å². The zero-order valence-corrected chi connectivity index (χ0v) is 39.0. The van der Waals surface area contributed by atoms with Crippen LogP contribution in [-0.2, 0) is 6.54 Å². The number of anilines is 1. The second kappa shape index (κ2) is 20.8. The fourth-order valence-electron chi connectivity index (χ4n) is 9.54. The van der Waals surface area contributed by atoms with Gasteiger partial charge in [0.2, 0.25) is 0 Å². The number of aromatic nitrogens is 6. The lowest BCUT2D eigenvalue weighted by Crippen LogP contribution is -2.51. The zero-order chi connectivity index (χ0) is 46.5. The highest BCUT2D eigenvalue weighted by molar-refractivity contribution is 5.92. The van der Waals surface area contributed by atoms with Gasteiger partial charge in [-0.2, -0.15) is 15.1 Å². The van der Waals surface area contributed by atoms with Crippen molar-refractivity contribution < 1.29 is 19.3 Å². The standard InChI is InChI=1S/C27H33FN6O.C22H27N5O2.CH4O/c1-16-6-4-8-21(17(16)2)24-23(28)25-22(12-29-24)26(34-13-18-9-10-19(14-34)30-18)32-27(31-25)35-15-20-7-5-11-33(20)3;1-15(2)17-5-8-20(28)19(13-17)21-24-25-22(29)27(21)18-6-3-16(4-7-18)14-26-11-9-23-10-12-26;1-2/h4,6,8,12,18-20,30H,5,7,9-11,13-15H2,1-3H3;3-8,13,15,23,28H,9-12,14H2,1-2H3,(H,25,29);2H,1H3/t18?,19?,20-;;/m0../s1. The molecule has 2 bridgehead atoms. The number of pyridine rings is 1. The Morgan fingerprint density at radius 2 is 1.67 bits per heavy atom. The van der Waals surface area contributed by atoms with E-state index < -0.39 is 5.82 Å². The fourth-order valence-corrected chi connectivity index (χ4v) is 9.54. The molecular weight excluding hydrogens is 838 g/mol. The van der Waals surface area contributed by atoms with Crippen LogP contribution in [0.5, 0.6) is 11.8 Å². The number of rotatable bonds is 10. The number of ether oxygens (including phenoxy) is 1. The molecule has 0 aliphatic carbocycles. The first-order chi connectivity index (χ1) is 32.0. The lowest BCUT2D eigenvalue weighted by Gasteiger charge is -2.34. The molecule has 15 nitrogen and oxygen atoms in total. The Morgan fingerprint density at radius 3 is 2.36 bits per heavy atom. The second-order valence-corrected chi connectivity index (χ2v) is 18.2. The van der Waals surface area contributed by atoms with E-state index >= 15 is 4.39 Å². The molecule has 4 fully saturated rings. The zero-order valence-electron chi connectivity index (χ0n) is 39.0. The van der Waals surface area contributed by atoms with Crippen LogP contribution >= 0.6 is 0 Å². The number of piperazine rings is 2. The number of hydrogen-bond acceptors (Lipinski definition) is 13. The van der Waals surface area contributed by atoms with Gasteiger partial charge in [-0.3, -0.25) is 9.88 Å². The van der Waals surface area contributed by atoms with Gasteiger partial charge >= 0.3 is 11.7 Å². The molecule has 3 atom stereocenters. The van der Waals surface area contributed by atoms with Crippen LogP contribution < -0.4 is 26.0 Å². The maximum Gasteiger partial charge on any atom is 0.348 e. The highest BCUT2D eigenvalue weighted by atomic mass is 19.1. The molecule has 10 rings (SSSR count). The van der Waals surface area contributed by atoms with Crippen molar-refractivity contribution in [1.29, 1.82) is 0 Å². The van der Waals surface area contributed by atoms with Gasteiger partial charge in [-0.15, -0.1) is 0 Å². The normalized spacial score (nSPS) is 19.7. The summed E-state index contributed by atoms with van der Waals surface area (Å²) in [5.74, 6) is 1.12. The minimum Gasteiger partial charge on any atom is -0.507 e. The number of phenolic OH excluding ortho intramolecular Hbond substituents is 1. The Hall–Kier alpha value is -5.78. The number of phenols is 1. The Bertz CT molecular complexity index is 2650. The molecule has 0 amide bonds. The van der Waals surface area contributed by atoms with E-state index in [0.29, 0.717) is 53.1 Å². The molecule has 7 heterocycles. The van der Waals surface area contributed by atoms with Crippen molar-refractivity contribution in [3.8, 4) is 40.1 Å². The SMILES string of the molecule is CC(C)c1ccc(O)c(-c2n[nH]c(=O)n2-c2ccc(CN3CCNCC3)cc2)c1.CO.Cc1cccc(-c2ncc3c(N4CC5CCC(C4)N5)nc(OC[C@@H]4CCCN4C)nc3c2F)c1C. The Labute approximate surface area is 386 Å². The third-order valence-corrected chi connectivity index (χ3v) is 13.5. The summed E-state index contributed by atoms with van der Waals surface area (Å²) in [6, 6.07) is 20.7. The summed E-state index contributed by atoms with van der Waals surface area (Å²) in [5.41, 5.74) is 6.73. The lowest BCUT2D eigenvalue weighted by molar-refractivity contribution is 0.188. The largest absolute Gasteiger partial charge is 0.507 e. The predicted octanol–water partition coefficient (Wildman–Crippen LogP) is 5.93. The van der Waals surface area contributed by atoms with Crippen LogP contribution in [0.15, 0.2) is 71.7 Å². The van der Waals surface area contributed by atoms with Gasteiger partial charge in [0, 0.05) is 82.8 Å². The minimum absolute atomic E-state index is 0.102. The molecule has 3 aromatic carbocycles. The summed E-state index contributed by atoms with van der Waals surface area (Å²) in [6.07, 6.45) is 6.31. The van der Waals surface area contributed by atoms with E-state index in [4.69, 9.17) is 14.8 Å². The number of H-pyrrole nitrogens is 1. The first kappa shape index (κ1) is 46.7. The minimum atomic E-state index is -0.416. The Morgan fingerprint density at radius 1 is 0.924 bits per heavy atom. The first-order valence-corrected chi connectivity index (χ1v) is 23.3. The van der Waals surface area contributed by atoms with Crippen molar-refractivity contribution in [3.05, 3.63) is 105 Å². The van der Waals surface area contributed by atoms with Crippen LogP contribution in [0.2, 0.25) is 0 Å². The number of fused-ring (bicyclic) bond motifs is 3. The van der Waals surface area contributed by atoms with Gasteiger partial charge in [-0.1, -0.05) is 50.2 Å². The molecule has 66 heavy (non-hydrogen) atoms. The van der Waals surface area contributed by atoms with Crippen LogP contribution in [-0.4, -0.2) is 134 Å². The number of likely N-dealkylation sites (tertiary alicyclic amines) is 1.